The number of nitrogens with zero attached hydrogens (tertiary/aromatic N) is 2. The van der Waals surface area contributed by atoms with Crippen LogP contribution in [0.15, 0.2) is 12.3 Å². The topological polar surface area (TPSA) is 17.8 Å². The van der Waals surface area contributed by atoms with Crippen LogP contribution in [0, 0.1) is 0 Å². The molecule has 0 unspecified atom stereocenters. The second-order valence-corrected chi connectivity index (χ2v) is 3.18. The Labute approximate surface area is 58.3 Å². The van der Waals surface area contributed by atoms with E-state index in [9.17, 15) is 0 Å². The Morgan fingerprint density at radius 3 is 3.56 bits per heavy atom. The van der Waals surface area contributed by atoms with Crippen LogP contribution in [-0.2, 0) is 12.3 Å². The second kappa shape index (κ2) is 2.06. The summed E-state index contributed by atoms with van der Waals surface area (Å²) in [6.07, 6.45) is 3.06. The van der Waals surface area contributed by atoms with E-state index in [1.165, 1.54) is 17.9 Å². The van der Waals surface area contributed by atoms with Gasteiger partial charge in [-0.25, -0.2) is 0 Å². The number of aryl methyl sites for hydroxylation is 1. The predicted octanol–water partition coefficient (Wildman–Crippen LogP) is 1.13. The highest BCUT2D eigenvalue weighted by molar-refractivity contribution is 7.98. The van der Waals surface area contributed by atoms with Gasteiger partial charge in [0.25, 0.3) is 0 Å². The van der Waals surface area contributed by atoms with Crippen molar-refractivity contribution in [3.63, 3.8) is 0 Å². The van der Waals surface area contributed by atoms with E-state index < -0.39 is 0 Å². The minimum atomic E-state index is 1.04. The molecule has 2 nitrogen and oxygen atoms in total. The molecule has 0 spiro atoms. The van der Waals surface area contributed by atoms with E-state index >= 15 is 0 Å². The minimum Gasteiger partial charge on any atom is -0.260 e. The zero-order chi connectivity index (χ0) is 6.10. The molecule has 1 aromatic rings. The quantitative estimate of drug-likeness (QED) is 0.537. The highest BCUT2D eigenvalue weighted by Crippen LogP contribution is 2.15. The average Bonchev–Trinajstić information content (AvgIpc) is 2.33. The van der Waals surface area contributed by atoms with E-state index in [1.807, 2.05) is 18.0 Å². The molecule has 0 N–H and O–H groups in total. The van der Waals surface area contributed by atoms with Crippen molar-refractivity contribution in [3.8, 4) is 0 Å². The average molecular weight is 140 g/mol. The number of thioether (sulfide) groups is 1. The molecule has 3 heteroatoms. The van der Waals surface area contributed by atoms with E-state index in [2.05, 4.69) is 15.8 Å². The molecule has 0 aliphatic carbocycles. The first-order chi connectivity index (χ1) is 4.47. The zero-order valence-corrected chi connectivity index (χ0v) is 5.90. The summed E-state index contributed by atoms with van der Waals surface area (Å²) in [5.41, 5.74) is 1.38. The van der Waals surface area contributed by atoms with Gasteiger partial charge in [0, 0.05) is 17.6 Å². The maximum Gasteiger partial charge on any atom is 0.0866 e. The lowest BCUT2D eigenvalue weighted by Crippen LogP contribution is -2.09. The van der Waals surface area contributed by atoms with Gasteiger partial charge in [0.2, 0.25) is 0 Å². The molecule has 1 aliphatic rings. The number of hydrogen-bond acceptors (Lipinski definition) is 2. The summed E-state index contributed by atoms with van der Waals surface area (Å²) in [6, 6.07) is 2.10. The van der Waals surface area contributed by atoms with Crippen LogP contribution in [0.25, 0.3) is 0 Å². The first kappa shape index (κ1) is 5.35. The molecular formula is C6H8N2S. The van der Waals surface area contributed by atoms with Crippen molar-refractivity contribution >= 4 is 11.8 Å². The van der Waals surface area contributed by atoms with E-state index in [1.54, 1.807) is 0 Å². The molecule has 0 radical (unpaired) electrons. The smallest absolute Gasteiger partial charge is 0.0866 e. The molecule has 9 heavy (non-hydrogen) atoms. The molecule has 0 fully saturated rings. The van der Waals surface area contributed by atoms with Crippen molar-refractivity contribution < 1.29 is 0 Å². The summed E-state index contributed by atoms with van der Waals surface area (Å²) in [5, 5.41) is 4.15. The van der Waals surface area contributed by atoms with E-state index in [4.69, 9.17) is 0 Å². The van der Waals surface area contributed by atoms with Crippen molar-refractivity contribution in [1.82, 2.24) is 9.78 Å². The number of hydrogen-bond donors (Lipinski definition) is 0. The Balaban J connectivity index is 2.39. The Hall–Kier alpha value is -0.440. The van der Waals surface area contributed by atoms with Gasteiger partial charge in [-0.2, -0.15) is 5.10 Å². The monoisotopic (exact) mass is 140 g/mol. The van der Waals surface area contributed by atoms with Gasteiger partial charge < -0.3 is 0 Å². The molecular weight excluding hydrogens is 132 g/mol. The summed E-state index contributed by atoms with van der Waals surface area (Å²) in [4.78, 5) is 0. The molecule has 1 aliphatic heterocycles. The minimum absolute atomic E-state index is 1.04. The first-order valence-corrected chi connectivity index (χ1v) is 4.21. The standard InChI is InChI=1S/C6H8N2S/c1-3-7-8-5-9-4-2-6(1)8/h1,3H,2,4-5H2. The van der Waals surface area contributed by atoms with Crippen molar-refractivity contribution in [2.24, 2.45) is 0 Å². The van der Waals surface area contributed by atoms with Gasteiger partial charge in [-0.05, 0) is 12.5 Å². The largest absolute Gasteiger partial charge is 0.260 e. The summed E-state index contributed by atoms with van der Waals surface area (Å²) in [7, 11) is 0. The fourth-order valence-corrected chi connectivity index (χ4v) is 1.90. The van der Waals surface area contributed by atoms with Crippen molar-refractivity contribution in [1.29, 1.82) is 0 Å². The SMILES string of the molecule is c1cc2n(n1)CSCC2. The second-order valence-electron chi connectivity index (χ2n) is 2.11. The van der Waals surface area contributed by atoms with Crippen LogP contribution in [-0.4, -0.2) is 15.5 Å². The van der Waals surface area contributed by atoms with Crippen molar-refractivity contribution in [2.75, 3.05) is 5.75 Å². The van der Waals surface area contributed by atoms with Gasteiger partial charge in [-0.15, -0.1) is 11.8 Å². The van der Waals surface area contributed by atoms with Gasteiger partial charge in [0.05, 0.1) is 5.88 Å². The maximum absolute atomic E-state index is 4.15. The van der Waals surface area contributed by atoms with Crippen LogP contribution in [0.3, 0.4) is 0 Å². The van der Waals surface area contributed by atoms with Crippen molar-refractivity contribution in [2.45, 2.75) is 12.3 Å². The van der Waals surface area contributed by atoms with E-state index in [-0.39, 0.29) is 0 Å². The Bertz CT molecular complexity index is 186. The number of fused-ring (bicyclic) bond motifs is 1. The van der Waals surface area contributed by atoms with Gasteiger partial charge in [-0.1, -0.05) is 0 Å². The summed E-state index contributed by atoms with van der Waals surface area (Å²) < 4.78 is 2.06. The molecule has 0 amide bonds. The third-order valence-corrected chi connectivity index (χ3v) is 2.44. The molecule has 1 aromatic heterocycles. The normalized spacial score (nSPS) is 17.3. The molecule has 2 rings (SSSR count). The molecule has 48 valence electrons. The number of rotatable bonds is 0. The van der Waals surface area contributed by atoms with Gasteiger partial charge >= 0.3 is 0 Å². The highest BCUT2D eigenvalue weighted by atomic mass is 32.2. The Morgan fingerprint density at radius 2 is 2.67 bits per heavy atom. The lowest BCUT2D eigenvalue weighted by molar-refractivity contribution is 0.691. The molecule has 0 saturated carbocycles. The first-order valence-electron chi connectivity index (χ1n) is 3.05. The lowest BCUT2D eigenvalue weighted by Gasteiger charge is -2.11. The predicted molar refractivity (Wildman–Crippen MR) is 38.4 cm³/mol. The van der Waals surface area contributed by atoms with Crippen LogP contribution in [0.4, 0.5) is 0 Å². The molecule has 0 bridgehead atoms. The fourth-order valence-electron chi connectivity index (χ4n) is 1.02. The zero-order valence-electron chi connectivity index (χ0n) is 5.08. The third kappa shape index (κ3) is 0.852. The van der Waals surface area contributed by atoms with Crippen LogP contribution in [0.1, 0.15) is 5.69 Å². The molecule has 0 aromatic carbocycles. The Kier molecular flexibility index (Phi) is 1.23. The van der Waals surface area contributed by atoms with Gasteiger partial charge in [0.1, 0.15) is 0 Å². The van der Waals surface area contributed by atoms with Crippen LogP contribution in [0.2, 0.25) is 0 Å². The fraction of sp³-hybridized carbons (Fsp3) is 0.500. The third-order valence-electron chi connectivity index (χ3n) is 1.52. The van der Waals surface area contributed by atoms with Crippen LogP contribution < -0.4 is 0 Å². The molecule has 0 saturated heterocycles. The Morgan fingerprint density at radius 1 is 1.67 bits per heavy atom. The summed E-state index contributed by atoms with van der Waals surface area (Å²) in [5.74, 6) is 2.30. The summed E-state index contributed by atoms with van der Waals surface area (Å²) in [6.45, 7) is 0. The van der Waals surface area contributed by atoms with E-state index in [0.717, 1.165) is 5.88 Å². The lowest BCUT2D eigenvalue weighted by atomic mass is 10.3. The molecule has 2 heterocycles. The van der Waals surface area contributed by atoms with Crippen LogP contribution in [0.5, 0.6) is 0 Å². The van der Waals surface area contributed by atoms with Gasteiger partial charge in [-0.3, -0.25) is 4.68 Å². The molecule has 0 atom stereocenters. The number of aromatic nitrogens is 2. The van der Waals surface area contributed by atoms with Crippen LogP contribution >= 0.6 is 11.8 Å². The summed E-state index contributed by atoms with van der Waals surface area (Å²) >= 11 is 1.94. The van der Waals surface area contributed by atoms with Crippen molar-refractivity contribution in [3.05, 3.63) is 18.0 Å². The maximum atomic E-state index is 4.15. The highest BCUT2D eigenvalue weighted by Gasteiger charge is 2.06. The van der Waals surface area contributed by atoms with E-state index in [0.29, 0.717) is 0 Å². The van der Waals surface area contributed by atoms with Gasteiger partial charge in [0.15, 0.2) is 0 Å².